The van der Waals surface area contributed by atoms with Crippen molar-refractivity contribution in [1.82, 2.24) is 4.98 Å². The van der Waals surface area contributed by atoms with Gasteiger partial charge in [-0.25, -0.2) is 4.98 Å². The van der Waals surface area contributed by atoms with Crippen molar-refractivity contribution in [1.29, 1.82) is 0 Å². The molecule has 10 heavy (non-hydrogen) atoms. The van der Waals surface area contributed by atoms with E-state index in [4.69, 9.17) is 0 Å². The summed E-state index contributed by atoms with van der Waals surface area (Å²) in [4.78, 5) is 14.3. The van der Waals surface area contributed by atoms with E-state index in [2.05, 4.69) is 18.8 Å². The van der Waals surface area contributed by atoms with Gasteiger partial charge in [0.05, 0.1) is 5.69 Å². The number of hydrogen-bond acceptors (Lipinski definition) is 3. The highest BCUT2D eigenvalue weighted by Crippen LogP contribution is 2.15. The first-order chi connectivity index (χ1) is 4.74. The molecule has 0 spiro atoms. The Balaban J connectivity index is 2.88. The van der Waals surface area contributed by atoms with E-state index in [9.17, 15) is 4.79 Å². The second kappa shape index (κ2) is 2.92. The molecule has 1 aromatic rings. The van der Waals surface area contributed by atoms with E-state index in [1.165, 1.54) is 11.3 Å². The molecule has 0 aliphatic rings. The standard InChI is InChI=1S/C7H9NOS/c1-5(2)6-4-10-7(3-9)8-6/h3-5H,1-2H3. The van der Waals surface area contributed by atoms with Gasteiger partial charge in [-0.3, -0.25) is 4.79 Å². The highest BCUT2D eigenvalue weighted by atomic mass is 32.1. The quantitative estimate of drug-likeness (QED) is 0.612. The minimum Gasteiger partial charge on any atom is -0.295 e. The van der Waals surface area contributed by atoms with Crippen molar-refractivity contribution in [2.24, 2.45) is 0 Å². The zero-order valence-electron chi connectivity index (χ0n) is 6.00. The molecule has 0 aliphatic carbocycles. The molecule has 0 fully saturated rings. The van der Waals surface area contributed by atoms with Gasteiger partial charge in [-0.2, -0.15) is 0 Å². The fraction of sp³-hybridized carbons (Fsp3) is 0.429. The predicted octanol–water partition coefficient (Wildman–Crippen LogP) is 2.08. The van der Waals surface area contributed by atoms with Gasteiger partial charge in [-0.1, -0.05) is 13.8 Å². The number of hydrogen-bond donors (Lipinski definition) is 0. The van der Waals surface area contributed by atoms with Crippen LogP contribution in [0.15, 0.2) is 5.38 Å². The van der Waals surface area contributed by atoms with Crippen molar-refractivity contribution < 1.29 is 4.79 Å². The van der Waals surface area contributed by atoms with Gasteiger partial charge in [0.15, 0.2) is 11.3 Å². The van der Waals surface area contributed by atoms with E-state index in [0.29, 0.717) is 10.9 Å². The van der Waals surface area contributed by atoms with Crippen molar-refractivity contribution in [3.05, 3.63) is 16.1 Å². The second-order valence-corrected chi connectivity index (χ2v) is 3.27. The predicted molar refractivity (Wildman–Crippen MR) is 41.6 cm³/mol. The molecule has 1 aromatic heterocycles. The summed E-state index contributed by atoms with van der Waals surface area (Å²) < 4.78 is 0. The molecule has 0 bridgehead atoms. The van der Waals surface area contributed by atoms with Gasteiger partial charge in [0.1, 0.15) is 0 Å². The van der Waals surface area contributed by atoms with Gasteiger partial charge in [0.25, 0.3) is 0 Å². The minimum atomic E-state index is 0.421. The molecule has 0 N–H and O–H groups in total. The molecule has 0 saturated carbocycles. The molecule has 0 unspecified atom stereocenters. The summed E-state index contributed by atoms with van der Waals surface area (Å²) in [6, 6.07) is 0. The Hall–Kier alpha value is -0.700. The SMILES string of the molecule is CC(C)c1csc(C=O)n1. The maximum Gasteiger partial charge on any atom is 0.178 e. The summed E-state index contributed by atoms with van der Waals surface area (Å²) in [7, 11) is 0. The van der Waals surface area contributed by atoms with Crippen LogP contribution in [0.1, 0.15) is 35.3 Å². The van der Waals surface area contributed by atoms with Crippen LogP contribution in [0.5, 0.6) is 0 Å². The van der Waals surface area contributed by atoms with Crippen molar-refractivity contribution in [2.45, 2.75) is 19.8 Å². The number of aldehydes is 1. The Labute approximate surface area is 63.9 Å². The number of carbonyl (C=O) groups is 1. The van der Waals surface area contributed by atoms with Crippen molar-refractivity contribution in [3.63, 3.8) is 0 Å². The highest BCUT2D eigenvalue weighted by Gasteiger charge is 2.03. The number of thiazole rings is 1. The summed E-state index contributed by atoms with van der Waals surface area (Å²) in [6.07, 6.45) is 0.788. The molecule has 0 amide bonds. The molecule has 1 heterocycles. The topological polar surface area (TPSA) is 30.0 Å². The van der Waals surface area contributed by atoms with Gasteiger partial charge in [-0.15, -0.1) is 11.3 Å². The Kier molecular flexibility index (Phi) is 2.17. The Morgan fingerprint density at radius 3 is 2.70 bits per heavy atom. The monoisotopic (exact) mass is 155 g/mol. The molecule has 3 heteroatoms. The van der Waals surface area contributed by atoms with Crippen LogP contribution in [0, 0.1) is 0 Å². The molecule has 0 atom stereocenters. The second-order valence-electron chi connectivity index (χ2n) is 2.38. The molecule has 2 nitrogen and oxygen atoms in total. The molecule has 0 saturated heterocycles. The lowest BCUT2D eigenvalue weighted by Gasteiger charge is -1.94. The molecule has 0 aromatic carbocycles. The first kappa shape index (κ1) is 7.41. The minimum absolute atomic E-state index is 0.421. The van der Waals surface area contributed by atoms with Crippen molar-refractivity contribution >= 4 is 17.6 Å². The van der Waals surface area contributed by atoms with Crippen LogP contribution in [-0.2, 0) is 0 Å². The van der Waals surface area contributed by atoms with Crippen LogP contribution in [-0.4, -0.2) is 11.3 Å². The first-order valence-corrected chi connectivity index (χ1v) is 4.02. The van der Waals surface area contributed by atoms with Gasteiger partial charge in [0, 0.05) is 5.38 Å². The van der Waals surface area contributed by atoms with Crippen LogP contribution < -0.4 is 0 Å². The number of carbonyl (C=O) groups excluding carboxylic acids is 1. The van der Waals surface area contributed by atoms with Crippen LogP contribution >= 0.6 is 11.3 Å². The average Bonchev–Trinajstić information content (AvgIpc) is 2.34. The maximum atomic E-state index is 10.2. The molecule has 0 aliphatic heterocycles. The van der Waals surface area contributed by atoms with Crippen molar-refractivity contribution in [2.75, 3.05) is 0 Å². The van der Waals surface area contributed by atoms with E-state index in [0.717, 1.165) is 12.0 Å². The summed E-state index contributed by atoms with van der Waals surface area (Å²) in [5.41, 5.74) is 1.01. The fourth-order valence-corrected chi connectivity index (χ4v) is 1.40. The Morgan fingerprint density at radius 2 is 2.40 bits per heavy atom. The van der Waals surface area contributed by atoms with Crippen LogP contribution in [0.2, 0.25) is 0 Å². The van der Waals surface area contributed by atoms with E-state index in [1.54, 1.807) is 0 Å². The summed E-state index contributed by atoms with van der Waals surface area (Å²) >= 11 is 1.40. The van der Waals surface area contributed by atoms with Crippen LogP contribution in [0.4, 0.5) is 0 Å². The third kappa shape index (κ3) is 1.42. The third-order valence-electron chi connectivity index (χ3n) is 1.23. The fourth-order valence-electron chi connectivity index (χ4n) is 0.620. The number of rotatable bonds is 2. The van der Waals surface area contributed by atoms with E-state index >= 15 is 0 Å². The van der Waals surface area contributed by atoms with Gasteiger partial charge in [-0.05, 0) is 5.92 Å². The Morgan fingerprint density at radius 1 is 1.70 bits per heavy atom. The van der Waals surface area contributed by atoms with Crippen LogP contribution in [0.3, 0.4) is 0 Å². The maximum absolute atomic E-state index is 10.2. The van der Waals surface area contributed by atoms with E-state index in [1.807, 2.05) is 5.38 Å². The van der Waals surface area contributed by atoms with Gasteiger partial charge < -0.3 is 0 Å². The normalized spacial score (nSPS) is 10.3. The largest absolute Gasteiger partial charge is 0.295 e. The van der Waals surface area contributed by atoms with E-state index in [-0.39, 0.29) is 0 Å². The first-order valence-electron chi connectivity index (χ1n) is 3.14. The lowest BCUT2D eigenvalue weighted by molar-refractivity contribution is 0.112. The molecular formula is C7H9NOS. The zero-order chi connectivity index (χ0) is 7.56. The van der Waals surface area contributed by atoms with Crippen molar-refractivity contribution in [3.8, 4) is 0 Å². The smallest absolute Gasteiger partial charge is 0.178 e. The molecule has 1 rings (SSSR count). The van der Waals surface area contributed by atoms with Crippen LogP contribution in [0.25, 0.3) is 0 Å². The average molecular weight is 155 g/mol. The lowest BCUT2D eigenvalue weighted by Crippen LogP contribution is -1.87. The number of nitrogens with zero attached hydrogens (tertiary/aromatic N) is 1. The summed E-state index contributed by atoms with van der Waals surface area (Å²) in [6.45, 7) is 4.12. The van der Waals surface area contributed by atoms with Gasteiger partial charge >= 0.3 is 0 Å². The Bertz CT molecular complexity index is 229. The van der Waals surface area contributed by atoms with E-state index < -0.39 is 0 Å². The molecule has 0 radical (unpaired) electrons. The van der Waals surface area contributed by atoms with Gasteiger partial charge in [0.2, 0.25) is 0 Å². The summed E-state index contributed by atoms with van der Waals surface area (Å²) in [5, 5.41) is 2.50. The molecular weight excluding hydrogens is 146 g/mol. The lowest BCUT2D eigenvalue weighted by atomic mass is 10.2. The number of aromatic nitrogens is 1. The molecule has 54 valence electrons. The zero-order valence-corrected chi connectivity index (χ0v) is 6.81. The third-order valence-corrected chi connectivity index (χ3v) is 2.02. The summed E-state index contributed by atoms with van der Waals surface area (Å²) in [5.74, 6) is 0.421. The highest BCUT2D eigenvalue weighted by molar-refractivity contribution is 7.11.